The number of hydrogen-bond donors (Lipinski definition) is 3. The van der Waals surface area contributed by atoms with Gasteiger partial charge < -0.3 is 29.8 Å². The highest BCUT2D eigenvalue weighted by Gasteiger charge is 2.50. The number of piperidine rings is 1. The van der Waals surface area contributed by atoms with Crippen LogP contribution in [0.25, 0.3) is 44.7 Å². The third-order valence-corrected chi connectivity index (χ3v) is 11.8. The van der Waals surface area contributed by atoms with Gasteiger partial charge in [-0.05, 0) is 82.7 Å². The van der Waals surface area contributed by atoms with Crippen molar-refractivity contribution in [1.82, 2.24) is 35.1 Å². The minimum absolute atomic E-state index is 0.0372. The number of imidazole rings is 1. The highest BCUT2D eigenvalue weighted by molar-refractivity contribution is 6.39. The summed E-state index contributed by atoms with van der Waals surface area (Å²) in [7, 11) is 1.52. The van der Waals surface area contributed by atoms with Crippen LogP contribution in [0.2, 0.25) is 10.0 Å². The number of nitrogens with one attached hydrogen (secondary N) is 2. The molecule has 3 aromatic heterocycles. The molecule has 3 N–H and O–H groups in total. The molecule has 57 heavy (non-hydrogen) atoms. The second-order valence-electron chi connectivity index (χ2n) is 15.9. The van der Waals surface area contributed by atoms with Crippen LogP contribution in [-0.4, -0.2) is 84.3 Å². The number of fused-ring (bicyclic) bond motifs is 3. The van der Waals surface area contributed by atoms with Crippen LogP contribution in [0, 0.1) is 5.92 Å². The van der Waals surface area contributed by atoms with Gasteiger partial charge in [-0.25, -0.2) is 19.6 Å². The van der Waals surface area contributed by atoms with Crippen LogP contribution in [0.4, 0.5) is 9.59 Å². The predicted molar refractivity (Wildman–Crippen MR) is 216 cm³/mol. The van der Waals surface area contributed by atoms with Crippen LogP contribution in [0.15, 0.2) is 60.8 Å². The molecule has 1 unspecified atom stereocenters. The van der Waals surface area contributed by atoms with Gasteiger partial charge in [-0.1, -0.05) is 47.5 Å². The molecule has 2 saturated heterocycles. The van der Waals surface area contributed by atoms with Crippen molar-refractivity contribution < 1.29 is 29.0 Å². The third-order valence-electron chi connectivity index (χ3n) is 11.0. The fraction of sp³-hybridized carbons (Fsp3) is 0.381. The minimum atomic E-state index is -0.911. The highest BCUT2D eigenvalue weighted by atomic mass is 35.5. The first-order valence-corrected chi connectivity index (χ1v) is 19.8. The van der Waals surface area contributed by atoms with Gasteiger partial charge in [0.15, 0.2) is 0 Å². The molecule has 1 saturated carbocycles. The number of likely N-dealkylation sites (tertiary alicyclic amines) is 1. The van der Waals surface area contributed by atoms with Crippen LogP contribution in [-0.2, 0) is 16.1 Å². The van der Waals surface area contributed by atoms with Gasteiger partial charge in [-0.15, -0.1) is 0 Å². The number of hydrogen-bond acceptors (Lipinski definition) is 8. The maximum Gasteiger partial charge on any atom is 0.410 e. The molecule has 5 heterocycles. The first kappa shape index (κ1) is 38.5. The van der Waals surface area contributed by atoms with E-state index in [0.29, 0.717) is 68.2 Å². The number of amides is 3. The summed E-state index contributed by atoms with van der Waals surface area (Å²) in [5, 5.41) is 13.7. The van der Waals surface area contributed by atoms with E-state index >= 15 is 0 Å². The zero-order valence-electron chi connectivity index (χ0n) is 32.0. The van der Waals surface area contributed by atoms with Crippen molar-refractivity contribution in [3.63, 3.8) is 0 Å². The summed E-state index contributed by atoms with van der Waals surface area (Å²) in [6.45, 7) is 5.85. The van der Waals surface area contributed by atoms with E-state index < -0.39 is 17.8 Å². The van der Waals surface area contributed by atoms with Crippen LogP contribution in [0.1, 0.15) is 70.3 Å². The minimum Gasteiger partial charge on any atom is -0.481 e. The quantitative estimate of drug-likeness (QED) is 0.132. The van der Waals surface area contributed by atoms with E-state index in [1.54, 1.807) is 16.0 Å². The number of H-pyrrole nitrogens is 1. The summed E-state index contributed by atoms with van der Waals surface area (Å²) in [4.78, 5) is 58.2. The average Bonchev–Trinajstić information content (AvgIpc) is 3.98. The van der Waals surface area contributed by atoms with E-state index in [0.717, 1.165) is 35.9 Å². The van der Waals surface area contributed by atoms with E-state index in [9.17, 15) is 19.5 Å². The third kappa shape index (κ3) is 7.58. The molecule has 13 nitrogen and oxygen atoms in total. The number of nitrogens with zero attached hydrogens (tertiary/aromatic N) is 5. The van der Waals surface area contributed by atoms with Crippen LogP contribution < -0.4 is 10.1 Å². The molecule has 2 aromatic carbocycles. The van der Waals surface area contributed by atoms with Crippen LogP contribution in [0.5, 0.6) is 5.88 Å². The molecule has 0 radical (unpaired) electrons. The number of benzene rings is 2. The molecular formula is C42H43Cl2N7O6. The van der Waals surface area contributed by atoms with Crippen molar-refractivity contribution in [2.24, 2.45) is 5.92 Å². The summed E-state index contributed by atoms with van der Waals surface area (Å²) in [6.07, 6.45) is 4.06. The smallest absolute Gasteiger partial charge is 0.410 e. The lowest BCUT2D eigenvalue weighted by molar-refractivity contribution is -0.119. The molecule has 2 bridgehead atoms. The number of carbonyl (C=O) groups excluding carboxylic acids is 2. The Morgan fingerprint density at radius 3 is 2.53 bits per heavy atom. The summed E-state index contributed by atoms with van der Waals surface area (Å²) < 4.78 is 11.4. The average molecular weight is 813 g/mol. The van der Waals surface area contributed by atoms with Gasteiger partial charge >= 0.3 is 12.2 Å². The Kier molecular flexibility index (Phi) is 10.2. The van der Waals surface area contributed by atoms with Gasteiger partial charge in [0, 0.05) is 59.1 Å². The lowest BCUT2D eigenvalue weighted by Crippen LogP contribution is -2.43. The lowest BCUT2D eigenvalue weighted by Gasteiger charge is -2.31. The standard InChI is InChI=1S/C42H43Cl2N7O6/c1-42(2,3)57-41(55)50(21-25-11-15-33(52)46-25)20-24-10-13-30(49-39(24)56-4)29-7-5-6-27(34(29)43)28-16-17-45-36(35(28)44)22-9-14-31-32(19-22)48-38(47-31)37-23-8-12-26(18-23)51(37)40(53)54/h5-7,9-10,13-14,16-17,19,23,25-26,37H,8,11-12,15,18,20-21H2,1-4H3,(H,46,52)(H,47,48)(H,53,54)/t23-,25?,26+,37-/m0/s1. The number of halogens is 2. The van der Waals surface area contributed by atoms with Crippen molar-refractivity contribution in [2.45, 2.75) is 83.1 Å². The fourth-order valence-electron chi connectivity index (χ4n) is 8.46. The Hall–Kier alpha value is -5.40. The maximum absolute atomic E-state index is 13.3. The lowest BCUT2D eigenvalue weighted by atomic mass is 9.98. The zero-order valence-corrected chi connectivity index (χ0v) is 33.5. The first-order valence-electron chi connectivity index (χ1n) is 19.0. The number of aromatic amines is 1. The summed E-state index contributed by atoms with van der Waals surface area (Å²) in [5.41, 5.74) is 5.31. The Morgan fingerprint density at radius 1 is 1.00 bits per heavy atom. The van der Waals surface area contributed by atoms with E-state index in [1.807, 2.05) is 75.4 Å². The van der Waals surface area contributed by atoms with E-state index in [2.05, 4.69) is 15.3 Å². The molecule has 0 spiro atoms. The molecule has 2 aliphatic heterocycles. The van der Waals surface area contributed by atoms with Gasteiger partial charge in [0.2, 0.25) is 11.8 Å². The fourth-order valence-corrected chi connectivity index (χ4v) is 9.10. The van der Waals surface area contributed by atoms with Crippen molar-refractivity contribution in [3.8, 4) is 39.5 Å². The van der Waals surface area contributed by atoms with Crippen molar-refractivity contribution in [2.75, 3.05) is 13.7 Å². The molecule has 1 aliphatic carbocycles. The number of carbonyl (C=O) groups is 3. The van der Waals surface area contributed by atoms with Crippen LogP contribution in [0.3, 0.4) is 0 Å². The van der Waals surface area contributed by atoms with E-state index in [4.69, 9.17) is 42.6 Å². The predicted octanol–water partition coefficient (Wildman–Crippen LogP) is 8.89. The SMILES string of the molecule is COc1nc(-c2cccc(-c3ccnc(-c4ccc5nc([C@@H]6[C@H]7CC[C@H](C7)N6C(=O)O)[nH]c5c4)c3Cl)c2Cl)ccc1CN(CC1CCC(=O)N1)C(=O)OC(C)(C)C. The molecule has 3 fully saturated rings. The zero-order chi connectivity index (χ0) is 40.2. The number of carboxylic acid groups (broad SMARTS) is 1. The molecule has 296 valence electrons. The van der Waals surface area contributed by atoms with Gasteiger partial charge in [0.05, 0.1) is 52.2 Å². The Bertz CT molecular complexity index is 2400. The largest absolute Gasteiger partial charge is 0.481 e. The van der Waals surface area contributed by atoms with Crippen molar-refractivity contribution in [3.05, 3.63) is 82.2 Å². The molecule has 8 rings (SSSR count). The first-order chi connectivity index (χ1) is 27.3. The molecule has 4 atom stereocenters. The van der Waals surface area contributed by atoms with Gasteiger partial charge in [0.1, 0.15) is 11.4 Å². The van der Waals surface area contributed by atoms with Crippen LogP contribution >= 0.6 is 23.2 Å². The highest BCUT2D eigenvalue weighted by Crippen LogP contribution is 2.50. The maximum atomic E-state index is 13.3. The molecule has 5 aromatic rings. The molecule has 3 aliphatic rings. The summed E-state index contributed by atoms with van der Waals surface area (Å²) in [6, 6.07) is 16.4. The normalized spacial score (nSPS) is 20.2. The number of rotatable bonds is 9. The van der Waals surface area contributed by atoms with Gasteiger partial charge in [0.25, 0.3) is 0 Å². The van der Waals surface area contributed by atoms with Gasteiger partial charge in [-0.3, -0.25) is 14.7 Å². The topological polar surface area (TPSA) is 163 Å². The second-order valence-corrected chi connectivity index (χ2v) is 16.7. The van der Waals surface area contributed by atoms with Crippen molar-refractivity contribution in [1.29, 1.82) is 0 Å². The molecule has 15 heteroatoms. The Balaban J connectivity index is 1.07. The van der Waals surface area contributed by atoms with Crippen molar-refractivity contribution >= 4 is 52.3 Å². The number of aromatic nitrogens is 4. The number of ether oxygens (including phenoxy) is 2. The van der Waals surface area contributed by atoms with E-state index in [1.165, 1.54) is 7.11 Å². The molecule has 3 amide bonds. The monoisotopic (exact) mass is 811 g/mol. The summed E-state index contributed by atoms with van der Waals surface area (Å²) >= 11 is 14.3. The number of methoxy groups -OCH3 is 1. The Morgan fingerprint density at radius 2 is 1.79 bits per heavy atom. The summed E-state index contributed by atoms with van der Waals surface area (Å²) in [5.74, 6) is 1.19. The van der Waals surface area contributed by atoms with E-state index in [-0.39, 0.29) is 43.0 Å². The van der Waals surface area contributed by atoms with Gasteiger partial charge in [-0.2, -0.15) is 0 Å². The molecular weight excluding hydrogens is 769 g/mol. The second kappa shape index (κ2) is 15.2. The number of pyridine rings is 2. The Labute approximate surface area is 339 Å².